The molecule has 2 aromatic rings. The van der Waals surface area contributed by atoms with Crippen LogP contribution in [-0.2, 0) is 11.3 Å². The summed E-state index contributed by atoms with van der Waals surface area (Å²) < 4.78 is 1.66. The molecule has 1 atom stereocenters. The van der Waals surface area contributed by atoms with Crippen LogP contribution in [0.25, 0.3) is 0 Å². The predicted octanol–water partition coefficient (Wildman–Crippen LogP) is 0.491. The summed E-state index contributed by atoms with van der Waals surface area (Å²) in [5.74, 6) is 1.26. The minimum atomic E-state index is 0.0496. The Balaban J connectivity index is 1.42. The topological polar surface area (TPSA) is 88.8 Å². The van der Waals surface area contributed by atoms with Gasteiger partial charge in [0.1, 0.15) is 12.7 Å². The van der Waals surface area contributed by atoms with Crippen LogP contribution in [0.3, 0.4) is 0 Å². The number of carbonyl (C=O) groups excluding carboxylic acids is 1. The van der Waals surface area contributed by atoms with Crippen molar-refractivity contribution >= 4 is 11.9 Å². The Morgan fingerprint density at radius 2 is 2.22 bits per heavy atom. The normalized spacial score (nSPS) is 17.9. The monoisotopic (exact) mass is 315 g/mol. The lowest BCUT2D eigenvalue weighted by Crippen LogP contribution is -2.41. The summed E-state index contributed by atoms with van der Waals surface area (Å²) in [5, 5.41) is 7.01. The van der Waals surface area contributed by atoms with Crippen LogP contribution >= 0.6 is 0 Å². The van der Waals surface area contributed by atoms with Crippen molar-refractivity contribution in [3.05, 3.63) is 31.1 Å². The lowest BCUT2D eigenvalue weighted by Gasteiger charge is -2.32. The number of hydrogen-bond acceptors (Lipinski definition) is 6. The summed E-state index contributed by atoms with van der Waals surface area (Å²) in [7, 11) is 0. The minimum Gasteiger partial charge on any atom is -0.356 e. The second-order valence-electron chi connectivity index (χ2n) is 5.72. The first-order chi connectivity index (χ1) is 11.3. The zero-order valence-electron chi connectivity index (χ0n) is 13.0. The molecule has 0 saturated carbocycles. The number of aryl methyl sites for hydroxylation is 1. The number of piperidine rings is 1. The number of aromatic nitrogens is 5. The highest BCUT2D eigenvalue weighted by atomic mass is 16.1. The van der Waals surface area contributed by atoms with Crippen molar-refractivity contribution in [1.82, 2.24) is 30.0 Å². The highest BCUT2D eigenvalue weighted by molar-refractivity contribution is 5.75. The van der Waals surface area contributed by atoms with E-state index in [-0.39, 0.29) is 5.91 Å². The van der Waals surface area contributed by atoms with Crippen LogP contribution in [0.5, 0.6) is 0 Å². The van der Waals surface area contributed by atoms with Gasteiger partial charge in [0.05, 0.1) is 6.54 Å². The van der Waals surface area contributed by atoms with Crippen molar-refractivity contribution in [2.24, 2.45) is 5.92 Å². The van der Waals surface area contributed by atoms with E-state index in [0.29, 0.717) is 25.4 Å². The van der Waals surface area contributed by atoms with E-state index >= 15 is 0 Å². The highest BCUT2D eigenvalue weighted by Gasteiger charge is 2.21. The standard InChI is InChI=1S/C15H21N7O/c23-14(4-8-22-12-16-11-20-22)19-9-13-3-1-7-21(10-13)15-17-5-2-6-18-15/h2,5-6,11-13H,1,3-4,7-10H2,(H,19,23). The summed E-state index contributed by atoms with van der Waals surface area (Å²) in [5.41, 5.74) is 0. The van der Waals surface area contributed by atoms with Gasteiger partial charge in [-0.25, -0.2) is 15.0 Å². The minimum absolute atomic E-state index is 0.0496. The Morgan fingerprint density at radius 1 is 1.35 bits per heavy atom. The molecule has 1 aliphatic heterocycles. The van der Waals surface area contributed by atoms with E-state index < -0.39 is 0 Å². The molecule has 1 fully saturated rings. The molecular weight excluding hydrogens is 294 g/mol. The van der Waals surface area contributed by atoms with Crippen LogP contribution in [0, 0.1) is 5.92 Å². The first-order valence-corrected chi connectivity index (χ1v) is 7.92. The van der Waals surface area contributed by atoms with Gasteiger partial charge in [-0.1, -0.05) is 0 Å². The van der Waals surface area contributed by atoms with Gasteiger partial charge < -0.3 is 10.2 Å². The average Bonchev–Trinajstić information content (AvgIpc) is 3.13. The molecule has 23 heavy (non-hydrogen) atoms. The van der Waals surface area contributed by atoms with E-state index in [0.717, 1.165) is 31.9 Å². The van der Waals surface area contributed by atoms with Crippen molar-refractivity contribution < 1.29 is 4.79 Å². The summed E-state index contributed by atoms with van der Waals surface area (Å²) in [6, 6.07) is 1.82. The van der Waals surface area contributed by atoms with E-state index in [1.807, 2.05) is 6.07 Å². The molecule has 1 N–H and O–H groups in total. The highest BCUT2D eigenvalue weighted by Crippen LogP contribution is 2.19. The second-order valence-corrected chi connectivity index (χ2v) is 5.72. The molecule has 0 radical (unpaired) electrons. The zero-order valence-corrected chi connectivity index (χ0v) is 13.0. The lowest BCUT2D eigenvalue weighted by molar-refractivity contribution is -0.121. The van der Waals surface area contributed by atoms with Gasteiger partial charge in [0, 0.05) is 38.4 Å². The smallest absolute Gasteiger partial charge is 0.225 e. The Bertz CT molecular complexity index is 602. The van der Waals surface area contributed by atoms with E-state index in [1.165, 1.54) is 6.33 Å². The number of amides is 1. The van der Waals surface area contributed by atoms with Crippen LogP contribution in [0.15, 0.2) is 31.1 Å². The van der Waals surface area contributed by atoms with Crippen molar-refractivity contribution in [3.8, 4) is 0 Å². The summed E-state index contributed by atoms with van der Waals surface area (Å²) in [6.07, 6.45) is 9.24. The summed E-state index contributed by atoms with van der Waals surface area (Å²) >= 11 is 0. The van der Waals surface area contributed by atoms with Crippen LogP contribution in [0.2, 0.25) is 0 Å². The Hall–Kier alpha value is -2.51. The molecule has 0 aromatic carbocycles. The van der Waals surface area contributed by atoms with Gasteiger partial charge in [-0.15, -0.1) is 0 Å². The largest absolute Gasteiger partial charge is 0.356 e. The van der Waals surface area contributed by atoms with Gasteiger partial charge in [0.15, 0.2) is 0 Å². The van der Waals surface area contributed by atoms with E-state index in [2.05, 4.69) is 30.3 Å². The first-order valence-electron chi connectivity index (χ1n) is 7.92. The van der Waals surface area contributed by atoms with Gasteiger partial charge in [-0.05, 0) is 24.8 Å². The van der Waals surface area contributed by atoms with Gasteiger partial charge in [-0.3, -0.25) is 9.48 Å². The number of anilines is 1. The molecule has 1 amide bonds. The SMILES string of the molecule is O=C(CCn1cncn1)NCC1CCCN(c2ncccn2)C1. The second kappa shape index (κ2) is 7.66. The third-order valence-electron chi connectivity index (χ3n) is 3.98. The van der Waals surface area contributed by atoms with Crippen LogP contribution < -0.4 is 10.2 Å². The number of rotatable bonds is 6. The lowest BCUT2D eigenvalue weighted by atomic mass is 9.98. The number of nitrogens with zero attached hydrogens (tertiary/aromatic N) is 6. The maximum Gasteiger partial charge on any atom is 0.225 e. The van der Waals surface area contributed by atoms with Crippen molar-refractivity contribution in [3.63, 3.8) is 0 Å². The zero-order chi connectivity index (χ0) is 15.9. The summed E-state index contributed by atoms with van der Waals surface area (Å²) in [6.45, 7) is 3.11. The molecular formula is C15H21N7O. The first kappa shape index (κ1) is 15.4. The predicted molar refractivity (Wildman–Crippen MR) is 84.6 cm³/mol. The molecule has 122 valence electrons. The fourth-order valence-electron chi connectivity index (χ4n) is 2.78. The van der Waals surface area contributed by atoms with Crippen molar-refractivity contribution in [2.75, 3.05) is 24.5 Å². The maximum absolute atomic E-state index is 11.9. The van der Waals surface area contributed by atoms with Crippen molar-refractivity contribution in [2.45, 2.75) is 25.8 Å². The molecule has 8 heteroatoms. The average molecular weight is 315 g/mol. The number of hydrogen-bond donors (Lipinski definition) is 1. The molecule has 1 saturated heterocycles. The number of nitrogens with one attached hydrogen (secondary N) is 1. The fraction of sp³-hybridized carbons (Fsp3) is 0.533. The van der Waals surface area contributed by atoms with Gasteiger partial charge in [0.2, 0.25) is 11.9 Å². The molecule has 0 bridgehead atoms. The van der Waals surface area contributed by atoms with E-state index in [4.69, 9.17) is 0 Å². The quantitative estimate of drug-likeness (QED) is 0.834. The van der Waals surface area contributed by atoms with Crippen molar-refractivity contribution in [1.29, 1.82) is 0 Å². The molecule has 0 aliphatic carbocycles. The van der Waals surface area contributed by atoms with Gasteiger partial charge >= 0.3 is 0 Å². The Kier molecular flexibility index (Phi) is 5.13. The van der Waals surface area contributed by atoms with E-state index in [9.17, 15) is 4.79 Å². The third-order valence-corrected chi connectivity index (χ3v) is 3.98. The molecule has 1 unspecified atom stereocenters. The van der Waals surface area contributed by atoms with Gasteiger partial charge in [0.25, 0.3) is 0 Å². The third kappa shape index (κ3) is 4.48. The molecule has 1 aliphatic rings. The van der Waals surface area contributed by atoms with Crippen LogP contribution in [0.1, 0.15) is 19.3 Å². The molecule has 2 aromatic heterocycles. The van der Waals surface area contributed by atoms with Crippen LogP contribution in [0.4, 0.5) is 5.95 Å². The summed E-state index contributed by atoms with van der Waals surface area (Å²) in [4.78, 5) is 26.6. The Labute approximate surface area is 135 Å². The molecule has 8 nitrogen and oxygen atoms in total. The van der Waals surface area contributed by atoms with Crippen LogP contribution in [-0.4, -0.2) is 50.3 Å². The molecule has 0 spiro atoms. The molecule has 3 rings (SSSR count). The maximum atomic E-state index is 11.9. The van der Waals surface area contributed by atoms with Gasteiger partial charge in [-0.2, -0.15) is 5.10 Å². The number of carbonyl (C=O) groups is 1. The van der Waals surface area contributed by atoms with E-state index in [1.54, 1.807) is 23.4 Å². The Morgan fingerprint density at radius 3 is 3.00 bits per heavy atom. The fourth-order valence-corrected chi connectivity index (χ4v) is 2.78. The molecule has 3 heterocycles.